The number of aromatic nitrogens is 1. The van der Waals surface area contributed by atoms with Gasteiger partial charge in [-0.3, -0.25) is 0 Å². The maximum absolute atomic E-state index is 6.21. The second-order valence-corrected chi connectivity index (χ2v) is 5.55. The number of nitrogens with zero attached hydrogens (tertiary/aromatic N) is 1. The van der Waals surface area contributed by atoms with E-state index in [-0.39, 0.29) is 6.04 Å². The van der Waals surface area contributed by atoms with Gasteiger partial charge in [-0.2, -0.15) is 0 Å². The minimum atomic E-state index is -0.00854. The van der Waals surface area contributed by atoms with Gasteiger partial charge in [-0.25, -0.2) is 4.98 Å². The number of thiazole rings is 1. The average molecular weight is 276 g/mol. The van der Waals surface area contributed by atoms with Gasteiger partial charge in [-0.05, 0) is 31.0 Å². The summed E-state index contributed by atoms with van der Waals surface area (Å²) in [6.45, 7) is 4.86. The van der Waals surface area contributed by atoms with E-state index >= 15 is 0 Å². The molecule has 0 aliphatic carbocycles. The molecule has 0 aliphatic heterocycles. The normalized spacial score (nSPS) is 12.4. The molecule has 0 fully saturated rings. The predicted molar refractivity (Wildman–Crippen MR) is 79.7 cm³/mol. The Labute approximate surface area is 118 Å². The van der Waals surface area contributed by atoms with Gasteiger partial charge < -0.3 is 10.5 Å². The fourth-order valence-corrected chi connectivity index (χ4v) is 2.67. The van der Waals surface area contributed by atoms with E-state index in [1.54, 1.807) is 11.3 Å². The van der Waals surface area contributed by atoms with Gasteiger partial charge in [-0.15, -0.1) is 11.3 Å². The van der Waals surface area contributed by atoms with E-state index < -0.39 is 0 Å². The Morgan fingerprint density at radius 3 is 2.63 bits per heavy atom. The molecule has 0 spiro atoms. The van der Waals surface area contributed by atoms with Gasteiger partial charge >= 0.3 is 0 Å². The smallest absolute Gasteiger partial charge is 0.119 e. The van der Waals surface area contributed by atoms with E-state index in [0.29, 0.717) is 0 Å². The van der Waals surface area contributed by atoms with Crippen molar-refractivity contribution in [3.8, 4) is 5.75 Å². The number of aryl methyl sites for hydroxylation is 1. The van der Waals surface area contributed by atoms with Gasteiger partial charge in [0.05, 0.1) is 11.6 Å². The van der Waals surface area contributed by atoms with Crippen molar-refractivity contribution >= 4 is 11.3 Å². The highest BCUT2D eigenvalue weighted by Crippen LogP contribution is 2.21. The molecule has 0 saturated carbocycles. The molecule has 1 atom stereocenters. The van der Waals surface area contributed by atoms with Crippen LogP contribution < -0.4 is 10.5 Å². The Morgan fingerprint density at radius 2 is 2.05 bits per heavy atom. The van der Waals surface area contributed by atoms with E-state index in [0.717, 1.165) is 41.5 Å². The topological polar surface area (TPSA) is 48.1 Å². The molecule has 102 valence electrons. The molecule has 0 saturated heterocycles. The molecule has 3 nitrogen and oxygen atoms in total. The summed E-state index contributed by atoms with van der Waals surface area (Å²) in [5.41, 5.74) is 8.40. The Hall–Kier alpha value is -1.39. The van der Waals surface area contributed by atoms with Crippen LogP contribution in [0.1, 0.15) is 35.7 Å². The lowest BCUT2D eigenvalue weighted by molar-refractivity contribution is 0.317. The van der Waals surface area contributed by atoms with Crippen LogP contribution in [-0.2, 0) is 6.42 Å². The van der Waals surface area contributed by atoms with Crippen molar-refractivity contribution in [2.75, 3.05) is 6.61 Å². The molecular weight excluding hydrogens is 256 g/mol. The number of benzene rings is 1. The summed E-state index contributed by atoms with van der Waals surface area (Å²) in [5.74, 6) is 0.905. The van der Waals surface area contributed by atoms with E-state index in [9.17, 15) is 0 Å². The first-order valence-electron chi connectivity index (χ1n) is 6.58. The van der Waals surface area contributed by atoms with Crippen LogP contribution in [0.5, 0.6) is 5.75 Å². The first-order chi connectivity index (χ1) is 9.19. The molecule has 4 heteroatoms. The predicted octanol–water partition coefficient (Wildman–Crippen LogP) is 3.48. The first-order valence-corrected chi connectivity index (χ1v) is 7.46. The molecule has 0 aliphatic rings. The van der Waals surface area contributed by atoms with Crippen LogP contribution in [0.2, 0.25) is 0 Å². The van der Waals surface area contributed by atoms with E-state index in [1.165, 1.54) is 0 Å². The first kappa shape index (κ1) is 14.0. The van der Waals surface area contributed by atoms with Crippen molar-refractivity contribution < 1.29 is 4.74 Å². The number of hydrogen-bond donors (Lipinski definition) is 1. The van der Waals surface area contributed by atoms with Gasteiger partial charge in [0, 0.05) is 23.5 Å². The van der Waals surface area contributed by atoms with Crippen molar-refractivity contribution in [2.45, 2.75) is 32.7 Å². The quantitative estimate of drug-likeness (QED) is 0.878. The van der Waals surface area contributed by atoms with Crippen molar-refractivity contribution in [2.24, 2.45) is 5.73 Å². The largest absolute Gasteiger partial charge is 0.494 e. The maximum atomic E-state index is 6.21. The highest BCUT2D eigenvalue weighted by Gasteiger charge is 2.09. The molecule has 1 unspecified atom stereocenters. The zero-order valence-corrected chi connectivity index (χ0v) is 12.2. The van der Waals surface area contributed by atoms with Gasteiger partial charge in [0.2, 0.25) is 0 Å². The summed E-state index contributed by atoms with van der Waals surface area (Å²) in [6, 6.07) is 8.04. The van der Waals surface area contributed by atoms with E-state index in [4.69, 9.17) is 10.5 Å². The monoisotopic (exact) mass is 276 g/mol. The van der Waals surface area contributed by atoms with Gasteiger partial charge in [-0.1, -0.05) is 19.1 Å². The minimum absolute atomic E-state index is 0.00854. The summed E-state index contributed by atoms with van der Waals surface area (Å²) in [7, 11) is 0. The molecule has 2 rings (SSSR count). The zero-order valence-electron chi connectivity index (χ0n) is 11.4. The number of hydrogen-bond acceptors (Lipinski definition) is 4. The molecule has 1 aromatic heterocycles. The van der Waals surface area contributed by atoms with Crippen molar-refractivity contribution in [3.05, 3.63) is 45.9 Å². The van der Waals surface area contributed by atoms with Gasteiger partial charge in [0.1, 0.15) is 5.75 Å². The van der Waals surface area contributed by atoms with E-state index in [2.05, 4.69) is 17.3 Å². The van der Waals surface area contributed by atoms with Crippen LogP contribution in [0, 0.1) is 6.92 Å². The lowest BCUT2D eigenvalue weighted by atomic mass is 10.1. The summed E-state index contributed by atoms with van der Waals surface area (Å²) >= 11 is 1.67. The Morgan fingerprint density at radius 1 is 1.32 bits per heavy atom. The Bertz CT molecular complexity index is 507. The summed E-state index contributed by atoms with van der Waals surface area (Å²) in [6.07, 6.45) is 1.80. The second kappa shape index (κ2) is 6.68. The highest BCUT2D eigenvalue weighted by atomic mass is 32.1. The number of nitrogens with two attached hydrogens (primary N) is 1. The molecule has 2 N–H and O–H groups in total. The molecule has 1 heterocycles. The standard InChI is InChI=1S/C15H20N2OS/c1-3-8-18-13-6-4-12(5-7-13)14(16)9-15-17-11(2)10-19-15/h4-7,10,14H,3,8-9,16H2,1-2H3. The van der Waals surface area contributed by atoms with Crippen LogP contribution >= 0.6 is 11.3 Å². The van der Waals surface area contributed by atoms with Crippen LogP contribution in [0.25, 0.3) is 0 Å². The van der Waals surface area contributed by atoms with Crippen LogP contribution in [0.15, 0.2) is 29.6 Å². The summed E-state index contributed by atoms with van der Waals surface area (Å²) < 4.78 is 5.56. The fraction of sp³-hybridized carbons (Fsp3) is 0.400. The third kappa shape index (κ3) is 4.04. The molecule has 0 bridgehead atoms. The maximum Gasteiger partial charge on any atom is 0.119 e. The lowest BCUT2D eigenvalue weighted by Gasteiger charge is -2.11. The van der Waals surface area contributed by atoms with Crippen molar-refractivity contribution in [1.29, 1.82) is 0 Å². The molecule has 19 heavy (non-hydrogen) atoms. The highest BCUT2D eigenvalue weighted by molar-refractivity contribution is 7.09. The van der Waals surface area contributed by atoms with Gasteiger partial charge in [0.25, 0.3) is 0 Å². The van der Waals surface area contributed by atoms with Crippen LogP contribution in [0.3, 0.4) is 0 Å². The molecular formula is C15H20N2OS. The lowest BCUT2D eigenvalue weighted by Crippen LogP contribution is -2.13. The van der Waals surface area contributed by atoms with Crippen molar-refractivity contribution in [3.63, 3.8) is 0 Å². The Balaban J connectivity index is 1.97. The minimum Gasteiger partial charge on any atom is -0.494 e. The van der Waals surface area contributed by atoms with E-state index in [1.807, 2.05) is 31.2 Å². The molecule has 0 radical (unpaired) electrons. The fourth-order valence-electron chi connectivity index (χ4n) is 1.83. The average Bonchev–Trinajstić information content (AvgIpc) is 2.82. The summed E-state index contributed by atoms with van der Waals surface area (Å²) in [4.78, 5) is 4.45. The molecule has 2 aromatic rings. The van der Waals surface area contributed by atoms with Crippen LogP contribution in [-0.4, -0.2) is 11.6 Å². The van der Waals surface area contributed by atoms with Gasteiger partial charge in [0.15, 0.2) is 0 Å². The number of rotatable bonds is 6. The zero-order chi connectivity index (χ0) is 13.7. The van der Waals surface area contributed by atoms with Crippen molar-refractivity contribution in [1.82, 2.24) is 4.98 Å². The Kier molecular flexibility index (Phi) is 4.93. The van der Waals surface area contributed by atoms with Crippen LogP contribution in [0.4, 0.5) is 0 Å². The third-order valence-corrected chi connectivity index (χ3v) is 3.83. The molecule has 0 amide bonds. The summed E-state index contributed by atoms with van der Waals surface area (Å²) in [5, 5.41) is 3.15. The third-order valence-electron chi connectivity index (χ3n) is 2.84. The SMILES string of the molecule is CCCOc1ccc(C(N)Cc2nc(C)cs2)cc1. The number of ether oxygens (including phenoxy) is 1. The molecule has 1 aromatic carbocycles. The second-order valence-electron chi connectivity index (χ2n) is 4.61.